The van der Waals surface area contributed by atoms with Crippen LogP contribution < -0.4 is 10.5 Å². The Bertz CT molecular complexity index is 574. The van der Waals surface area contributed by atoms with Crippen molar-refractivity contribution in [2.75, 3.05) is 6.61 Å². The van der Waals surface area contributed by atoms with E-state index in [2.05, 4.69) is 29.0 Å². The monoisotopic (exact) mass is 256 g/mol. The number of hydrogen-bond acceptors (Lipinski definition) is 2. The summed E-state index contributed by atoms with van der Waals surface area (Å²) in [5.41, 5.74) is 9.98. The van der Waals surface area contributed by atoms with Crippen LogP contribution in [-0.2, 0) is 6.42 Å². The zero-order valence-corrected chi connectivity index (χ0v) is 11.3. The van der Waals surface area contributed by atoms with E-state index < -0.39 is 0 Å². The molecule has 1 aliphatic rings. The van der Waals surface area contributed by atoms with Crippen LogP contribution in [0.15, 0.2) is 36.5 Å². The molecule has 1 heterocycles. The van der Waals surface area contributed by atoms with Crippen molar-refractivity contribution in [1.29, 1.82) is 0 Å². The summed E-state index contributed by atoms with van der Waals surface area (Å²) in [6, 6.07) is 10.6. The van der Waals surface area contributed by atoms with Crippen molar-refractivity contribution in [1.82, 2.24) is 4.57 Å². The fourth-order valence-corrected chi connectivity index (χ4v) is 2.86. The molecule has 0 bridgehead atoms. The van der Waals surface area contributed by atoms with E-state index in [1.54, 1.807) is 0 Å². The van der Waals surface area contributed by atoms with Gasteiger partial charge in [0.25, 0.3) is 0 Å². The molecular formula is C16H20N2O. The van der Waals surface area contributed by atoms with Crippen LogP contribution in [0.4, 0.5) is 0 Å². The van der Waals surface area contributed by atoms with Gasteiger partial charge in [-0.25, -0.2) is 0 Å². The highest BCUT2D eigenvalue weighted by Crippen LogP contribution is 2.31. The highest BCUT2D eigenvalue weighted by molar-refractivity contribution is 5.44. The number of hydrogen-bond donors (Lipinski definition) is 1. The van der Waals surface area contributed by atoms with Gasteiger partial charge < -0.3 is 15.0 Å². The van der Waals surface area contributed by atoms with E-state index in [0.29, 0.717) is 6.61 Å². The van der Waals surface area contributed by atoms with Crippen molar-refractivity contribution >= 4 is 0 Å². The summed E-state index contributed by atoms with van der Waals surface area (Å²) >= 11 is 0. The van der Waals surface area contributed by atoms with Gasteiger partial charge in [-0.2, -0.15) is 0 Å². The fraction of sp³-hybridized carbons (Fsp3) is 0.375. The van der Waals surface area contributed by atoms with Crippen LogP contribution in [0, 0.1) is 0 Å². The third-order valence-corrected chi connectivity index (χ3v) is 3.76. The number of aromatic nitrogens is 1. The lowest BCUT2D eigenvalue weighted by molar-refractivity contribution is 0.340. The largest absolute Gasteiger partial charge is 0.494 e. The van der Waals surface area contributed by atoms with Crippen molar-refractivity contribution in [3.8, 4) is 11.4 Å². The Morgan fingerprint density at radius 1 is 1.37 bits per heavy atom. The average molecular weight is 256 g/mol. The Balaban J connectivity index is 2.00. The van der Waals surface area contributed by atoms with Crippen LogP contribution in [-0.4, -0.2) is 11.2 Å². The molecule has 100 valence electrons. The maximum Gasteiger partial charge on any atom is 0.121 e. The number of fused-ring (bicyclic) bond motifs is 1. The van der Waals surface area contributed by atoms with E-state index in [1.165, 1.54) is 17.7 Å². The maximum atomic E-state index is 6.18. The van der Waals surface area contributed by atoms with Crippen molar-refractivity contribution in [3.63, 3.8) is 0 Å². The molecule has 0 fully saturated rings. The van der Waals surface area contributed by atoms with Gasteiger partial charge in [-0.1, -0.05) is 6.07 Å². The normalized spacial score (nSPS) is 18.1. The first kappa shape index (κ1) is 12.3. The molecule has 1 unspecified atom stereocenters. The van der Waals surface area contributed by atoms with E-state index in [1.807, 2.05) is 19.1 Å². The first-order valence-corrected chi connectivity index (χ1v) is 6.98. The molecule has 0 aliphatic heterocycles. The zero-order valence-electron chi connectivity index (χ0n) is 11.3. The molecule has 1 aromatic heterocycles. The highest BCUT2D eigenvalue weighted by atomic mass is 16.5. The SMILES string of the molecule is CCOc1cccc(-n2ccc3c2CCCC3N)c1. The zero-order chi connectivity index (χ0) is 13.2. The summed E-state index contributed by atoms with van der Waals surface area (Å²) in [5, 5.41) is 0. The minimum atomic E-state index is 0.195. The molecule has 0 amide bonds. The first-order valence-electron chi connectivity index (χ1n) is 6.98. The summed E-state index contributed by atoms with van der Waals surface area (Å²) in [7, 11) is 0. The van der Waals surface area contributed by atoms with E-state index in [-0.39, 0.29) is 6.04 Å². The summed E-state index contributed by atoms with van der Waals surface area (Å²) < 4.78 is 7.82. The van der Waals surface area contributed by atoms with Crippen LogP contribution in [0.1, 0.15) is 37.1 Å². The lowest BCUT2D eigenvalue weighted by Gasteiger charge is -2.21. The van der Waals surface area contributed by atoms with Gasteiger partial charge in [-0.3, -0.25) is 0 Å². The highest BCUT2D eigenvalue weighted by Gasteiger charge is 2.20. The minimum absolute atomic E-state index is 0.195. The van der Waals surface area contributed by atoms with Crippen molar-refractivity contribution < 1.29 is 4.74 Å². The van der Waals surface area contributed by atoms with Gasteiger partial charge in [0.05, 0.1) is 6.61 Å². The molecule has 2 aromatic rings. The summed E-state index contributed by atoms with van der Waals surface area (Å²) in [5.74, 6) is 0.919. The van der Waals surface area contributed by atoms with Crippen LogP contribution in [0.2, 0.25) is 0 Å². The molecule has 19 heavy (non-hydrogen) atoms. The van der Waals surface area contributed by atoms with Gasteiger partial charge in [-0.15, -0.1) is 0 Å². The number of nitrogens with two attached hydrogens (primary N) is 1. The molecule has 3 rings (SSSR count). The van der Waals surface area contributed by atoms with Crippen LogP contribution in [0.25, 0.3) is 5.69 Å². The van der Waals surface area contributed by atoms with Crippen molar-refractivity contribution in [2.24, 2.45) is 5.73 Å². The second-order valence-corrected chi connectivity index (χ2v) is 5.02. The second-order valence-electron chi connectivity index (χ2n) is 5.02. The quantitative estimate of drug-likeness (QED) is 0.916. The average Bonchev–Trinajstić information content (AvgIpc) is 2.85. The van der Waals surface area contributed by atoms with E-state index in [9.17, 15) is 0 Å². The van der Waals surface area contributed by atoms with E-state index in [4.69, 9.17) is 10.5 Å². The number of ether oxygens (including phenoxy) is 1. The molecule has 2 N–H and O–H groups in total. The van der Waals surface area contributed by atoms with E-state index >= 15 is 0 Å². The van der Waals surface area contributed by atoms with Gasteiger partial charge in [0.2, 0.25) is 0 Å². The molecular weight excluding hydrogens is 236 g/mol. The Hall–Kier alpha value is -1.74. The minimum Gasteiger partial charge on any atom is -0.494 e. The van der Waals surface area contributed by atoms with Gasteiger partial charge in [0.15, 0.2) is 0 Å². The lowest BCUT2D eigenvalue weighted by atomic mass is 9.93. The Labute approximate surface area is 114 Å². The molecule has 0 saturated carbocycles. The molecule has 0 saturated heterocycles. The standard InChI is InChI=1S/C16H20N2O/c1-2-19-13-6-3-5-12(11-13)18-10-9-14-15(17)7-4-8-16(14)18/h3,5-6,9-11,15H,2,4,7-8,17H2,1H3. The summed E-state index contributed by atoms with van der Waals surface area (Å²) in [6.07, 6.45) is 5.50. The Morgan fingerprint density at radius 2 is 2.26 bits per heavy atom. The maximum absolute atomic E-state index is 6.18. The van der Waals surface area contributed by atoms with Gasteiger partial charge in [0.1, 0.15) is 5.75 Å². The molecule has 1 aromatic carbocycles. The van der Waals surface area contributed by atoms with Gasteiger partial charge >= 0.3 is 0 Å². The molecule has 0 spiro atoms. The van der Waals surface area contributed by atoms with Crippen molar-refractivity contribution in [3.05, 3.63) is 47.8 Å². The predicted octanol–water partition coefficient (Wildman–Crippen LogP) is 3.21. The van der Waals surface area contributed by atoms with Crippen LogP contribution in [0.3, 0.4) is 0 Å². The lowest BCUT2D eigenvalue weighted by Crippen LogP contribution is -2.17. The van der Waals surface area contributed by atoms with Gasteiger partial charge in [-0.05, 0) is 49.9 Å². The summed E-state index contributed by atoms with van der Waals surface area (Å²) in [6.45, 7) is 2.70. The second kappa shape index (κ2) is 5.10. The fourth-order valence-electron chi connectivity index (χ4n) is 2.86. The van der Waals surface area contributed by atoms with Crippen LogP contribution >= 0.6 is 0 Å². The third kappa shape index (κ3) is 2.26. The topological polar surface area (TPSA) is 40.2 Å². The molecule has 0 radical (unpaired) electrons. The van der Waals surface area contributed by atoms with Crippen LogP contribution in [0.5, 0.6) is 5.75 Å². The number of benzene rings is 1. The molecule has 3 nitrogen and oxygen atoms in total. The Morgan fingerprint density at radius 3 is 3.11 bits per heavy atom. The number of rotatable bonds is 3. The first-order chi connectivity index (χ1) is 9.29. The Kier molecular flexibility index (Phi) is 3.30. The summed E-state index contributed by atoms with van der Waals surface area (Å²) in [4.78, 5) is 0. The van der Waals surface area contributed by atoms with Crippen molar-refractivity contribution in [2.45, 2.75) is 32.2 Å². The smallest absolute Gasteiger partial charge is 0.121 e. The third-order valence-electron chi connectivity index (χ3n) is 3.76. The molecule has 3 heteroatoms. The van der Waals surface area contributed by atoms with E-state index in [0.717, 1.165) is 24.3 Å². The van der Waals surface area contributed by atoms with Gasteiger partial charge in [0, 0.05) is 29.7 Å². The predicted molar refractivity (Wildman–Crippen MR) is 76.8 cm³/mol. The molecule has 1 aliphatic carbocycles. The number of nitrogens with zero attached hydrogens (tertiary/aromatic N) is 1. The molecule has 1 atom stereocenters.